The maximum Gasteiger partial charge on any atom is 0.161 e. The first-order chi connectivity index (χ1) is 9.12. The van der Waals surface area contributed by atoms with E-state index in [9.17, 15) is 5.11 Å². The van der Waals surface area contributed by atoms with E-state index in [4.69, 9.17) is 9.47 Å². The summed E-state index contributed by atoms with van der Waals surface area (Å²) in [6.45, 7) is 3.49. The Morgan fingerprint density at radius 1 is 1.26 bits per heavy atom. The van der Waals surface area contributed by atoms with E-state index in [-0.39, 0.29) is 6.10 Å². The molecule has 0 spiro atoms. The molecule has 1 atom stereocenters. The molecule has 0 aliphatic rings. The van der Waals surface area contributed by atoms with Crippen LogP contribution < -0.4 is 14.8 Å². The van der Waals surface area contributed by atoms with E-state index in [0.29, 0.717) is 5.75 Å². The zero-order valence-corrected chi connectivity index (χ0v) is 13.3. The molecule has 0 bridgehead atoms. The van der Waals surface area contributed by atoms with Crippen LogP contribution in [-0.4, -0.2) is 32.0 Å². The van der Waals surface area contributed by atoms with Crippen molar-refractivity contribution in [3.05, 3.63) is 22.2 Å². The summed E-state index contributed by atoms with van der Waals surface area (Å²) in [7, 11) is 3.24. The Kier molecular flexibility index (Phi) is 7.20. The molecule has 108 valence electrons. The van der Waals surface area contributed by atoms with Gasteiger partial charge in [-0.3, -0.25) is 0 Å². The van der Waals surface area contributed by atoms with Crippen molar-refractivity contribution in [2.45, 2.75) is 32.4 Å². The van der Waals surface area contributed by atoms with Crippen LogP contribution in [-0.2, 0) is 6.54 Å². The van der Waals surface area contributed by atoms with Gasteiger partial charge in [0.25, 0.3) is 0 Å². The minimum absolute atomic E-state index is 0.221. The molecule has 0 amide bonds. The van der Waals surface area contributed by atoms with Gasteiger partial charge in [-0.1, -0.05) is 22.9 Å². The van der Waals surface area contributed by atoms with E-state index in [2.05, 4.69) is 21.2 Å². The number of aliphatic hydroxyl groups excluding tert-OH is 1. The quantitative estimate of drug-likeness (QED) is 0.719. The number of rotatable bonds is 8. The number of halogens is 1. The number of ether oxygens (including phenoxy) is 2. The maximum absolute atomic E-state index is 9.47. The van der Waals surface area contributed by atoms with Crippen LogP contribution in [0.2, 0.25) is 0 Å². The molecule has 0 fully saturated rings. The topological polar surface area (TPSA) is 50.7 Å². The van der Waals surface area contributed by atoms with Crippen LogP contribution in [0, 0.1) is 0 Å². The summed E-state index contributed by atoms with van der Waals surface area (Å²) in [6, 6.07) is 3.85. The summed E-state index contributed by atoms with van der Waals surface area (Å²) in [5.74, 6) is 1.43. The summed E-state index contributed by atoms with van der Waals surface area (Å²) >= 11 is 3.52. The minimum Gasteiger partial charge on any atom is -0.493 e. The molecule has 2 N–H and O–H groups in total. The lowest BCUT2D eigenvalue weighted by atomic mass is 10.2. The average Bonchev–Trinajstić information content (AvgIpc) is 2.43. The second-order valence-corrected chi connectivity index (χ2v) is 5.18. The van der Waals surface area contributed by atoms with E-state index in [0.717, 1.165) is 41.7 Å². The molecule has 0 saturated carbocycles. The second-order valence-electron chi connectivity index (χ2n) is 4.33. The summed E-state index contributed by atoms with van der Waals surface area (Å²) < 4.78 is 11.5. The van der Waals surface area contributed by atoms with Crippen LogP contribution in [0.1, 0.15) is 25.3 Å². The lowest BCUT2D eigenvalue weighted by Gasteiger charge is -2.13. The Bertz CT molecular complexity index is 399. The molecule has 0 heterocycles. The highest BCUT2D eigenvalue weighted by molar-refractivity contribution is 9.10. The van der Waals surface area contributed by atoms with E-state index in [1.807, 2.05) is 19.1 Å². The number of aliphatic hydroxyl groups is 1. The Morgan fingerprint density at radius 3 is 2.47 bits per heavy atom. The van der Waals surface area contributed by atoms with Gasteiger partial charge in [-0.05, 0) is 37.1 Å². The summed E-state index contributed by atoms with van der Waals surface area (Å²) in [5.41, 5.74) is 1.10. The Morgan fingerprint density at radius 2 is 1.89 bits per heavy atom. The van der Waals surface area contributed by atoms with Gasteiger partial charge < -0.3 is 19.9 Å². The third kappa shape index (κ3) is 5.01. The van der Waals surface area contributed by atoms with Gasteiger partial charge >= 0.3 is 0 Å². The van der Waals surface area contributed by atoms with Crippen molar-refractivity contribution in [3.8, 4) is 11.5 Å². The molecule has 0 aromatic heterocycles. The molecular weight excluding hydrogens is 310 g/mol. The van der Waals surface area contributed by atoms with Crippen molar-refractivity contribution in [2.75, 3.05) is 20.8 Å². The highest BCUT2D eigenvalue weighted by Gasteiger charge is 2.09. The normalized spacial score (nSPS) is 12.3. The molecule has 0 aliphatic heterocycles. The molecule has 1 aromatic carbocycles. The third-order valence-electron chi connectivity index (χ3n) is 2.99. The van der Waals surface area contributed by atoms with E-state index < -0.39 is 0 Å². The van der Waals surface area contributed by atoms with Crippen molar-refractivity contribution >= 4 is 15.9 Å². The largest absolute Gasteiger partial charge is 0.493 e. The Labute approximate surface area is 123 Å². The predicted octanol–water partition coefficient (Wildman–Crippen LogP) is 2.72. The number of hydrogen-bond donors (Lipinski definition) is 2. The van der Waals surface area contributed by atoms with Gasteiger partial charge in [0.2, 0.25) is 0 Å². The maximum atomic E-state index is 9.47. The van der Waals surface area contributed by atoms with Crippen LogP contribution in [0.15, 0.2) is 16.6 Å². The monoisotopic (exact) mass is 331 g/mol. The van der Waals surface area contributed by atoms with Gasteiger partial charge in [0.1, 0.15) is 0 Å². The lowest BCUT2D eigenvalue weighted by Crippen LogP contribution is -2.20. The molecule has 1 aromatic rings. The molecule has 5 heteroatoms. The fourth-order valence-electron chi connectivity index (χ4n) is 1.73. The first-order valence-corrected chi connectivity index (χ1v) is 7.20. The van der Waals surface area contributed by atoms with Crippen LogP contribution in [0.4, 0.5) is 0 Å². The van der Waals surface area contributed by atoms with Gasteiger partial charge in [0, 0.05) is 11.0 Å². The van der Waals surface area contributed by atoms with Crippen LogP contribution in [0.3, 0.4) is 0 Å². The van der Waals surface area contributed by atoms with Gasteiger partial charge in [-0.2, -0.15) is 0 Å². The van der Waals surface area contributed by atoms with Crippen molar-refractivity contribution in [1.29, 1.82) is 0 Å². The van der Waals surface area contributed by atoms with Gasteiger partial charge in [-0.15, -0.1) is 0 Å². The summed E-state index contributed by atoms with van der Waals surface area (Å²) in [6.07, 6.45) is 1.34. The number of benzene rings is 1. The van der Waals surface area contributed by atoms with Crippen molar-refractivity contribution in [1.82, 2.24) is 5.32 Å². The summed E-state index contributed by atoms with van der Waals surface area (Å²) in [5, 5.41) is 12.8. The van der Waals surface area contributed by atoms with Crippen LogP contribution >= 0.6 is 15.9 Å². The van der Waals surface area contributed by atoms with Crippen LogP contribution in [0.5, 0.6) is 11.5 Å². The van der Waals surface area contributed by atoms with Crippen LogP contribution in [0.25, 0.3) is 0 Å². The zero-order chi connectivity index (χ0) is 14.3. The molecule has 0 radical (unpaired) electrons. The number of nitrogens with one attached hydrogen (secondary N) is 1. The fourth-order valence-corrected chi connectivity index (χ4v) is 2.19. The number of methoxy groups -OCH3 is 2. The minimum atomic E-state index is -0.221. The molecule has 19 heavy (non-hydrogen) atoms. The molecule has 0 aliphatic carbocycles. The number of hydrogen-bond acceptors (Lipinski definition) is 4. The first-order valence-electron chi connectivity index (χ1n) is 6.41. The Hall–Kier alpha value is -0.780. The molecular formula is C14H22BrNO3. The fraction of sp³-hybridized carbons (Fsp3) is 0.571. The molecule has 1 unspecified atom stereocenters. The smallest absolute Gasteiger partial charge is 0.161 e. The summed E-state index contributed by atoms with van der Waals surface area (Å²) in [4.78, 5) is 0. The lowest BCUT2D eigenvalue weighted by molar-refractivity contribution is 0.159. The van der Waals surface area contributed by atoms with Gasteiger partial charge in [-0.25, -0.2) is 0 Å². The van der Waals surface area contributed by atoms with E-state index >= 15 is 0 Å². The zero-order valence-electron chi connectivity index (χ0n) is 11.7. The predicted molar refractivity (Wildman–Crippen MR) is 79.9 cm³/mol. The van der Waals surface area contributed by atoms with Crippen molar-refractivity contribution in [2.24, 2.45) is 0 Å². The molecule has 1 rings (SSSR count). The average molecular weight is 332 g/mol. The van der Waals surface area contributed by atoms with E-state index in [1.54, 1.807) is 14.2 Å². The van der Waals surface area contributed by atoms with Crippen molar-refractivity contribution < 1.29 is 14.6 Å². The second kappa shape index (κ2) is 8.40. The molecule has 0 saturated heterocycles. The van der Waals surface area contributed by atoms with Gasteiger partial charge in [0.15, 0.2) is 11.5 Å². The standard InChI is InChI=1S/C14H22BrNO3/c1-4-11(17)5-6-16-9-10-7-13(18-2)14(19-3)8-12(10)15/h7-8,11,16-17H,4-6,9H2,1-3H3. The van der Waals surface area contributed by atoms with E-state index in [1.165, 1.54) is 0 Å². The Balaban J connectivity index is 2.58. The van der Waals surface area contributed by atoms with Crippen molar-refractivity contribution in [3.63, 3.8) is 0 Å². The highest BCUT2D eigenvalue weighted by Crippen LogP contribution is 2.33. The van der Waals surface area contributed by atoms with Gasteiger partial charge in [0.05, 0.1) is 20.3 Å². The highest BCUT2D eigenvalue weighted by atomic mass is 79.9. The third-order valence-corrected chi connectivity index (χ3v) is 3.73. The molecule has 4 nitrogen and oxygen atoms in total. The first kappa shape index (κ1) is 16.3. The SMILES string of the molecule is CCC(O)CCNCc1cc(OC)c(OC)cc1Br.